The highest BCUT2D eigenvalue weighted by Gasteiger charge is 2.14. The van der Waals surface area contributed by atoms with E-state index in [2.05, 4.69) is 37.7 Å². The third-order valence-electron chi connectivity index (χ3n) is 3.86. The topological polar surface area (TPSA) is 71.3 Å². The first kappa shape index (κ1) is 17.1. The van der Waals surface area contributed by atoms with E-state index in [1.54, 1.807) is 20.1 Å². The normalized spacial score (nSPS) is 11.3. The lowest BCUT2D eigenvalue weighted by Crippen LogP contribution is -2.44. The van der Waals surface area contributed by atoms with Crippen molar-refractivity contribution in [2.24, 2.45) is 5.92 Å². The van der Waals surface area contributed by atoms with Crippen LogP contribution in [0.3, 0.4) is 0 Å². The molecule has 1 heterocycles. The molecule has 0 saturated carbocycles. The predicted octanol–water partition coefficient (Wildman–Crippen LogP) is 3.21. The fourth-order valence-corrected chi connectivity index (χ4v) is 2.50. The van der Waals surface area contributed by atoms with Gasteiger partial charge in [0.25, 0.3) is 0 Å². The molecule has 5 nitrogen and oxygen atoms in total. The van der Waals surface area contributed by atoms with Gasteiger partial charge < -0.3 is 4.42 Å². The van der Waals surface area contributed by atoms with E-state index in [0.29, 0.717) is 5.92 Å². The molecule has 0 radical (unpaired) electrons. The minimum atomic E-state index is -0.270. The number of rotatable bonds is 4. The van der Waals surface area contributed by atoms with Gasteiger partial charge in [-0.1, -0.05) is 27.7 Å². The molecule has 2 rings (SSSR count). The van der Waals surface area contributed by atoms with E-state index in [0.717, 1.165) is 16.5 Å². The largest absolute Gasteiger partial charge is 0.464 e. The second-order valence-corrected chi connectivity index (χ2v) is 6.49. The van der Waals surface area contributed by atoms with Crippen LogP contribution in [0.5, 0.6) is 0 Å². The number of hydrogen-bond acceptors (Lipinski definition) is 3. The zero-order chi connectivity index (χ0) is 17.1. The van der Waals surface area contributed by atoms with Crippen LogP contribution in [0.2, 0.25) is 0 Å². The van der Waals surface area contributed by atoms with Crippen LogP contribution in [0.25, 0.3) is 11.0 Å². The molecule has 2 amide bonds. The van der Waals surface area contributed by atoms with Gasteiger partial charge >= 0.3 is 0 Å². The molecule has 1 aromatic heterocycles. The molecule has 124 valence electrons. The third kappa shape index (κ3) is 3.92. The van der Waals surface area contributed by atoms with Crippen LogP contribution in [-0.4, -0.2) is 11.8 Å². The van der Waals surface area contributed by atoms with Crippen LogP contribution in [0.4, 0.5) is 0 Å². The molecule has 0 atom stereocenters. The predicted molar refractivity (Wildman–Crippen MR) is 89.9 cm³/mol. The summed E-state index contributed by atoms with van der Waals surface area (Å²) in [7, 11) is 0. The fourth-order valence-electron chi connectivity index (χ4n) is 2.50. The Bertz CT molecular complexity index is 729. The number of aryl methyl sites for hydroxylation is 1. The summed E-state index contributed by atoms with van der Waals surface area (Å²) >= 11 is 0. The van der Waals surface area contributed by atoms with E-state index in [9.17, 15) is 9.59 Å². The minimum absolute atomic E-state index is 0.159. The van der Waals surface area contributed by atoms with E-state index in [-0.39, 0.29) is 24.2 Å². The zero-order valence-electron chi connectivity index (χ0n) is 14.3. The third-order valence-corrected chi connectivity index (χ3v) is 3.86. The number of carbonyl (C=O) groups excluding carboxylic acids is 2. The van der Waals surface area contributed by atoms with Crippen LogP contribution in [-0.2, 0) is 16.0 Å². The Kier molecular flexibility index (Phi) is 5.08. The summed E-state index contributed by atoms with van der Waals surface area (Å²) in [6, 6.07) is 4.10. The second-order valence-electron chi connectivity index (χ2n) is 6.49. The second kappa shape index (κ2) is 6.86. The molecule has 0 aliphatic rings. The van der Waals surface area contributed by atoms with Crippen LogP contribution in [0.1, 0.15) is 50.3 Å². The molecule has 0 spiro atoms. The Balaban J connectivity index is 2.15. The summed E-state index contributed by atoms with van der Waals surface area (Å²) in [4.78, 5) is 23.5. The number of hydrazine groups is 1. The Labute approximate surface area is 136 Å². The van der Waals surface area contributed by atoms with Gasteiger partial charge in [-0.3, -0.25) is 20.4 Å². The standard InChI is InChI=1S/C18H24N2O3/c1-10(2)14-8-15-13(9-23-16(15)6-12(14)5)7-17(21)19-20-18(22)11(3)4/h6,8-11H,7H2,1-5H3,(H,19,21)(H,20,22). The fraction of sp³-hybridized carbons (Fsp3) is 0.444. The summed E-state index contributed by atoms with van der Waals surface area (Å²) < 4.78 is 5.56. The van der Waals surface area contributed by atoms with Crippen molar-refractivity contribution in [3.05, 3.63) is 35.1 Å². The number of benzene rings is 1. The van der Waals surface area contributed by atoms with Gasteiger partial charge in [-0.15, -0.1) is 0 Å². The highest BCUT2D eigenvalue weighted by molar-refractivity contribution is 5.89. The van der Waals surface area contributed by atoms with E-state index in [1.807, 2.05) is 6.07 Å². The molecular formula is C18H24N2O3. The molecule has 0 saturated heterocycles. The maximum absolute atomic E-state index is 12.0. The van der Waals surface area contributed by atoms with E-state index >= 15 is 0 Å². The van der Waals surface area contributed by atoms with Crippen molar-refractivity contribution in [1.29, 1.82) is 0 Å². The summed E-state index contributed by atoms with van der Waals surface area (Å²) in [6.07, 6.45) is 1.77. The molecule has 0 bridgehead atoms. The Morgan fingerprint density at radius 1 is 1.13 bits per heavy atom. The molecule has 1 aromatic carbocycles. The molecule has 5 heteroatoms. The smallest absolute Gasteiger partial charge is 0.242 e. The van der Waals surface area contributed by atoms with Gasteiger partial charge in [0, 0.05) is 16.9 Å². The van der Waals surface area contributed by atoms with Gasteiger partial charge in [0.05, 0.1) is 12.7 Å². The highest BCUT2D eigenvalue weighted by Crippen LogP contribution is 2.29. The summed E-state index contributed by atoms with van der Waals surface area (Å²) in [5.41, 5.74) is 8.87. The van der Waals surface area contributed by atoms with Gasteiger partial charge in [0.2, 0.25) is 11.8 Å². The number of nitrogens with one attached hydrogen (secondary N) is 2. The summed E-state index contributed by atoms with van der Waals surface area (Å²) in [5, 5.41) is 0.949. The quantitative estimate of drug-likeness (QED) is 0.851. The highest BCUT2D eigenvalue weighted by atomic mass is 16.3. The SMILES string of the molecule is Cc1cc2occ(CC(=O)NNC(=O)C(C)C)c2cc1C(C)C. The average Bonchev–Trinajstić information content (AvgIpc) is 2.85. The van der Waals surface area contributed by atoms with E-state index < -0.39 is 0 Å². The minimum Gasteiger partial charge on any atom is -0.464 e. The lowest BCUT2D eigenvalue weighted by molar-refractivity contribution is -0.130. The lowest BCUT2D eigenvalue weighted by Gasteiger charge is -2.10. The van der Waals surface area contributed by atoms with Crippen LogP contribution >= 0.6 is 0 Å². The molecule has 2 aromatic rings. The first-order valence-corrected chi connectivity index (χ1v) is 7.89. The van der Waals surface area contributed by atoms with Gasteiger partial charge in [-0.25, -0.2) is 0 Å². The molecule has 0 aliphatic carbocycles. The zero-order valence-corrected chi connectivity index (χ0v) is 14.3. The van der Waals surface area contributed by atoms with Crippen molar-refractivity contribution in [2.45, 2.75) is 47.0 Å². The van der Waals surface area contributed by atoms with E-state index in [1.165, 1.54) is 11.1 Å². The number of amides is 2. The molecular weight excluding hydrogens is 292 g/mol. The monoisotopic (exact) mass is 316 g/mol. The number of furan rings is 1. The number of carbonyl (C=O) groups is 2. The maximum atomic E-state index is 12.0. The van der Waals surface area contributed by atoms with Gasteiger partial charge in [0.1, 0.15) is 5.58 Å². The molecule has 23 heavy (non-hydrogen) atoms. The molecule has 2 N–H and O–H groups in total. The summed E-state index contributed by atoms with van der Waals surface area (Å²) in [5.74, 6) is -0.260. The maximum Gasteiger partial charge on any atom is 0.242 e. The first-order valence-electron chi connectivity index (χ1n) is 7.89. The van der Waals surface area contributed by atoms with Crippen molar-refractivity contribution < 1.29 is 14.0 Å². The molecule has 0 fully saturated rings. The van der Waals surface area contributed by atoms with Crippen molar-refractivity contribution in [2.75, 3.05) is 0 Å². The number of fused-ring (bicyclic) bond motifs is 1. The molecule has 0 aliphatic heterocycles. The number of hydrogen-bond donors (Lipinski definition) is 2. The van der Waals surface area contributed by atoms with Gasteiger partial charge in [-0.05, 0) is 36.1 Å². The van der Waals surface area contributed by atoms with Crippen molar-refractivity contribution >= 4 is 22.8 Å². The van der Waals surface area contributed by atoms with Crippen LogP contribution in [0, 0.1) is 12.8 Å². The van der Waals surface area contributed by atoms with E-state index in [4.69, 9.17) is 4.42 Å². The van der Waals surface area contributed by atoms with Crippen molar-refractivity contribution in [3.63, 3.8) is 0 Å². The van der Waals surface area contributed by atoms with Gasteiger partial charge in [-0.2, -0.15) is 0 Å². The van der Waals surface area contributed by atoms with Crippen LogP contribution in [0.15, 0.2) is 22.8 Å². The Morgan fingerprint density at radius 3 is 2.43 bits per heavy atom. The lowest BCUT2D eigenvalue weighted by atomic mass is 9.95. The Hall–Kier alpha value is -2.30. The first-order chi connectivity index (χ1) is 10.8. The van der Waals surface area contributed by atoms with Crippen molar-refractivity contribution in [1.82, 2.24) is 10.9 Å². The van der Waals surface area contributed by atoms with Crippen LogP contribution < -0.4 is 10.9 Å². The van der Waals surface area contributed by atoms with Crippen molar-refractivity contribution in [3.8, 4) is 0 Å². The molecule has 0 unspecified atom stereocenters. The Morgan fingerprint density at radius 2 is 1.83 bits per heavy atom. The van der Waals surface area contributed by atoms with Gasteiger partial charge in [0.15, 0.2) is 0 Å². The average molecular weight is 316 g/mol. The summed E-state index contributed by atoms with van der Waals surface area (Å²) in [6.45, 7) is 9.87.